The number of H-pyrrole nitrogens is 1. The van der Waals surface area contributed by atoms with E-state index in [2.05, 4.69) is 20.6 Å². The second kappa shape index (κ2) is 7.51. The Kier molecular flexibility index (Phi) is 5.04. The summed E-state index contributed by atoms with van der Waals surface area (Å²) in [4.78, 5) is 21.6. The molecule has 29 heavy (non-hydrogen) atoms. The number of benzene rings is 1. The lowest BCUT2D eigenvalue weighted by atomic mass is 10.1. The number of nitrogens with zero attached hydrogens (tertiary/aromatic N) is 2. The van der Waals surface area contributed by atoms with Crippen LogP contribution in [0.3, 0.4) is 0 Å². The molecule has 1 aliphatic heterocycles. The molecule has 1 fully saturated rings. The van der Waals surface area contributed by atoms with Gasteiger partial charge in [0.15, 0.2) is 0 Å². The van der Waals surface area contributed by atoms with Crippen molar-refractivity contribution in [2.45, 2.75) is 25.7 Å². The predicted octanol–water partition coefficient (Wildman–Crippen LogP) is 5.40. The summed E-state index contributed by atoms with van der Waals surface area (Å²) in [7, 11) is 0. The first-order valence-corrected chi connectivity index (χ1v) is 9.63. The first-order valence-electron chi connectivity index (χ1n) is 9.25. The molecular formula is C20H20ClF2N5O. The summed E-state index contributed by atoms with van der Waals surface area (Å²) < 4.78 is 26.7. The topological polar surface area (TPSA) is 73.0 Å². The van der Waals surface area contributed by atoms with Crippen LogP contribution in [-0.2, 0) is 0 Å². The molecule has 1 aromatic carbocycles. The monoisotopic (exact) mass is 419 g/mol. The number of hydrogen-bond acceptors (Lipinski definition) is 3. The number of aromatic nitrogens is 2. The smallest absolute Gasteiger partial charge is 0.323 e. The third-order valence-corrected chi connectivity index (χ3v) is 5.29. The van der Waals surface area contributed by atoms with E-state index in [0.717, 1.165) is 16.5 Å². The van der Waals surface area contributed by atoms with Gasteiger partial charge in [0.25, 0.3) is 5.92 Å². The third kappa shape index (κ3) is 4.27. The van der Waals surface area contributed by atoms with Crippen LogP contribution < -0.4 is 15.5 Å². The van der Waals surface area contributed by atoms with Crippen molar-refractivity contribution < 1.29 is 13.6 Å². The van der Waals surface area contributed by atoms with Crippen LogP contribution in [0.25, 0.3) is 10.9 Å². The number of pyridine rings is 1. The molecule has 2 amide bonds. The Balaban J connectivity index is 1.42. The van der Waals surface area contributed by atoms with Gasteiger partial charge in [0.2, 0.25) is 0 Å². The van der Waals surface area contributed by atoms with Crippen LogP contribution in [0.2, 0.25) is 5.02 Å². The van der Waals surface area contributed by atoms with Crippen molar-refractivity contribution in [2.75, 3.05) is 28.6 Å². The SMILES string of the molecule is Cc1cc(NC(=O)Nc2cc(Cl)c3cc[nH]c3c2)cnc1N1CCC(F)(F)CC1. The highest BCUT2D eigenvalue weighted by Crippen LogP contribution is 2.31. The van der Waals surface area contributed by atoms with Gasteiger partial charge in [-0.15, -0.1) is 0 Å². The van der Waals surface area contributed by atoms with Crippen molar-refractivity contribution >= 4 is 45.7 Å². The van der Waals surface area contributed by atoms with Crippen molar-refractivity contribution in [1.82, 2.24) is 9.97 Å². The highest BCUT2D eigenvalue weighted by molar-refractivity contribution is 6.35. The van der Waals surface area contributed by atoms with E-state index < -0.39 is 12.0 Å². The van der Waals surface area contributed by atoms with Crippen LogP contribution in [0, 0.1) is 6.92 Å². The third-order valence-electron chi connectivity index (χ3n) is 4.98. The van der Waals surface area contributed by atoms with Crippen LogP contribution in [-0.4, -0.2) is 35.0 Å². The van der Waals surface area contributed by atoms with Gasteiger partial charge in [-0.1, -0.05) is 11.6 Å². The second-order valence-electron chi connectivity index (χ2n) is 7.18. The molecule has 2 aromatic heterocycles. The number of alkyl halides is 2. The first-order chi connectivity index (χ1) is 13.8. The Morgan fingerprint density at radius 1 is 1.21 bits per heavy atom. The largest absolute Gasteiger partial charge is 0.361 e. The molecular weight excluding hydrogens is 400 g/mol. The molecule has 4 rings (SSSR count). The minimum atomic E-state index is -2.60. The maximum Gasteiger partial charge on any atom is 0.323 e. The van der Waals surface area contributed by atoms with E-state index in [0.29, 0.717) is 22.2 Å². The Labute approximate surface area is 171 Å². The Bertz CT molecular complexity index is 1060. The molecule has 1 saturated heterocycles. The number of halogens is 3. The number of aryl methyl sites for hydroxylation is 1. The van der Waals surface area contributed by atoms with Crippen LogP contribution in [0.15, 0.2) is 36.7 Å². The molecule has 0 aliphatic carbocycles. The van der Waals surface area contributed by atoms with Gasteiger partial charge in [-0.25, -0.2) is 18.6 Å². The predicted molar refractivity (Wildman–Crippen MR) is 111 cm³/mol. The summed E-state index contributed by atoms with van der Waals surface area (Å²) in [6.45, 7) is 2.36. The summed E-state index contributed by atoms with van der Waals surface area (Å²) in [5.74, 6) is -1.94. The van der Waals surface area contributed by atoms with E-state index >= 15 is 0 Å². The maximum atomic E-state index is 13.4. The zero-order chi connectivity index (χ0) is 20.6. The van der Waals surface area contributed by atoms with Crippen LogP contribution >= 0.6 is 11.6 Å². The summed E-state index contributed by atoms with van der Waals surface area (Å²) in [6, 6.07) is 6.67. The molecule has 152 valence electrons. The fourth-order valence-corrected chi connectivity index (χ4v) is 3.78. The van der Waals surface area contributed by atoms with Crippen LogP contribution in [0.1, 0.15) is 18.4 Å². The molecule has 3 heterocycles. The molecule has 1 aliphatic rings. The lowest BCUT2D eigenvalue weighted by Crippen LogP contribution is -2.40. The van der Waals surface area contributed by atoms with E-state index in [4.69, 9.17) is 11.6 Å². The Hall–Kier alpha value is -2.87. The molecule has 0 saturated carbocycles. The number of urea groups is 1. The maximum absolute atomic E-state index is 13.4. The number of rotatable bonds is 3. The lowest BCUT2D eigenvalue weighted by molar-refractivity contribution is -0.0221. The molecule has 3 aromatic rings. The van der Waals surface area contributed by atoms with E-state index in [1.165, 1.54) is 6.20 Å². The van der Waals surface area contributed by atoms with Gasteiger partial charge in [-0.3, -0.25) is 0 Å². The Morgan fingerprint density at radius 3 is 2.66 bits per heavy atom. The van der Waals surface area contributed by atoms with Gasteiger partial charge in [0.1, 0.15) is 5.82 Å². The minimum Gasteiger partial charge on any atom is -0.361 e. The van der Waals surface area contributed by atoms with Crippen molar-refractivity contribution in [3.8, 4) is 0 Å². The normalized spacial score (nSPS) is 16.1. The van der Waals surface area contributed by atoms with Gasteiger partial charge in [-0.05, 0) is 36.8 Å². The molecule has 3 N–H and O–H groups in total. The minimum absolute atomic E-state index is 0.176. The average Bonchev–Trinajstić information content (AvgIpc) is 3.11. The molecule has 0 atom stereocenters. The fraction of sp³-hybridized carbons (Fsp3) is 0.300. The number of piperidine rings is 1. The van der Waals surface area contributed by atoms with E-state index in [1.54, 1.807) is 24.4 Å². The summed E-state index contributed by atoms with van der Waals surface area (Å²) >= 11 is 6.22. The van der Waals surface area contributed by atoms with Crippen molar-refractivity contribution in [3.05, 3.63) is 47.2 Å². The fourth-order valence-electron chi connectivity index (χ4n) is 3.50. The van der Waals surface area contributed by atoms with Crippen LogP contribution in [0.5, 0.6) is 0 Å². The van der Waals surface area contributed by atoms with Crippen LogP contribution in [0.4, 0.5) is 30.8 Å². The summed E-state index contributed by atoms with van der Waals surface area (Å²) in [5.41, 5.74) is 2.70. The molecule has 9 heteroatoms. The molecule has 0 unspecified atom stereocenters. The lowest BCUT2D eigenvalue weighted by Gasteiger charge is -2.33. The van der Waals surface area contributed by atoms with E-state index in [-0.39, 0.29) is 25.9 Å². The number of fused-ring (bicyclic) bond motifs is 1. The molecule has 0 bridgehead atoms. The average molecular weight is 420 g/mol. The summed E-state index contributed by atoms with van der Waals surface area (Å²) in [5, 5.41) is 6.89. The molecule has 0 spiro atoms. The summed E-state index contributed by atoms with van der Waals surface area (Å²) in [6.07, 6.45) is 2.95. The highest BCUT2D eigenvalue weighted by Gasteiger charge is 2.34. The molecule has 6 nitrogen and oxygen atoms in total. The Morgan fingerprint density at radius 2 is 1.93 bits per heavy atom. The van der Waals surface area contributed by atoms with Crippen molar-refractivity contribution in [1.29, 1.82) is 0 Å². The number of carbonyl (C=O) groups excluding carboxylic acids is 1. The number of nitrogens with one attached hydrogen (secondary N) is 3. The van der Waals surface area contributed by atoms with E-state index in [9.17, 15) is 13.6 Å². The number of amides is 2. The zero-order valence-corrected chi connectivity index (χ0v) is 16.5. The first kappa shape index (κ1) is 19.4. The second-order valence-corrected chi connectivity index (χ2v) is 7.59. The van der Waals surface area contributed by atoms with Gasteiger partial charge in [0, 0.05) is 48.7 Å². The number of anilines is 3. The quantitative estimate of drug-likeness (QED) is 0.532. The zero-order valence-electron chi connectivity index (χ0n) is 15.7. The van der Waals surface area contributed by atoms with Gasteiger partial charge in [0.05, 0.1) is 16.9 Å². The molecule has 0 radical (unpaired) electrons. The van der Waals surface area contributed by atoms with E-state index in [1.807, 2.05) is 17.9 Å². The standard InChI is InChI=1S/C20H20ClF2N5O/c1-12-8-14(11-25-18(12)28-6-3-20(22,23)4-7-28)27-19(29)26-13-9-16(21)15-2-5-24-17(15)10-13/h2,5,8-11,24H,3-4,6-7H2,1H3,(H2,26,27,29). The number of aromatic amines is 1. The van der Waals surface area contributed by atoms with Crippen molar-refractivity contribution in [2.24, 2.45) is 0 Å². The highest BCUT2D eigenvalue weighted by atomic mass is 35.5. The van der Waals surface area contributed by atoms with Gasteiger partial charge < -0.3 is 20.5 Å². The number of hydrogen-bond donors (Lipinski definition) is 3. The van der Waals surface area contributed by atoms with Gasteiger partial charge in [-0.2, -0.15) is 0 Å². The van der Waals surface area contributed by atoms with Gasteiger partial charge >= 0.3 is 6.03 Å². The van der Waals surface area contributed by atoms with Crippen molar-refractivity contribution in [3.63, 3.8) is 0 Å². The number of carbonyl (C=O) groups is 1.